The van der Waals surface area contributed by atoms with E-state index in [4.69, 9.17) is 9.84 Å². The average molecular weight is 335 g/mol. The molecule has 0 bridgehead atoms. The molecule has 6 heteroatoms. The summed E-state index contributed by atoms with van der Waals surface area (Å²) in [4.78, 5) is 25.4. The van der Waals surface area contributed by atoms with Crippen molar-refractivity contribution in [2.24, 2.45) is 0 Å². The van der Waals surface area contributed by atoms with Gasteiger partial charge in [0, 0.05) is 6.54 Å². The van der Waals surface area contributed by atoms with E-state index in [0.717, 1.165) is 31.7 Å². The summed E-state index contributed by atoms with van der Waals surface area (Å²) in [7, 11) is 0. The van der Waals surface area contributed by atoms with Crippen LogP contribution in [0.4, 0.5) is 4.39 Å². The fourth-order valence-corrected chi connectivity index (χ4v) is 3.93. The van der Waals surface area contributed by atoms with E-state index >= 15 is 0 Å². The Balaban J connectivity index is 1.87. The Morgan fingerprint density at radius 3 is 2.46 bits per heavy atom. The fraction of sp³-hybridized carbons (Fsp3) is 0.556. The number of hydrogen-bond acceptors (Lipinski definition) is 3. The number of rotatable bonds is 2. The maximum Gasteiger partial charge on any atom is 0.335 e. The molecule has 1 amide bonds. The minimum atomic E-state index is -1.22. The van der Waals surface area contributed by atoms with Gasteiger partial charge >= 0.3 is 5.97 Å². The Hall–Kier alpha value is -1.95. The molecule has 1 aliphatic carbocycles. The smallest absolute Gasteiger partial charge is 0.335 e. The van der Waals surface area contributed by atoms with E-state index in [1.807, 2.05) is 13.8 Å². The Bertz CT molecular complexity index is 680. The van der Waals surface area contributed by atoms with Gasteiger partial charge in [0.1, 0.15) is 5.82 Å². The highest BCUT2D eigenvalue weighted by Gasteiger charge is 2.47. The second-order valence-electron chi connectivity index (χ2n) is 7.41. The number of hydrogen-bond donors (Lipinski definition) is 1. The zero-order valence-electron chi connectivity index (χ0n) is 14.0. The molecule has 1 saturated carbocycles. The lowest BCUT2D eigenvalue weighted by Crippen LogP contribution is -2.60. The molecular weight excluding hydrogens is 313 g/mol. The summed E-state index contributed by atoms with van der Waals surface area (Å²) < 4.78 is 20.5. The highest BCUT2D eigenvalue weighted by atomic mass is 19.1. The summed E-state index contributed by atoms with van der Waals surface area (Å²) in [5.41, 5.74) is -1.09. The molecule has 1 aliphatic heterocycles. The molecule has 1 spiro atoms. The normalized spacial score (nSPS) is 21.9. The van der Waals surface area contributed by atoms with E-state index in [-0.39, 0.29) is 16.7 Å². The van der Waals surface area contributed by atoms with Crippen molar-refractivity contribution in [2.45, 2.75) is 50.7 Å². The number of carbonyl (C=O) groups excluding carboxylic acids is 1. The lowest BCUT2D eigenvalue weighted by molar-refractivity contribution is -0.184. The molecule has 2 fully saturated rings. The van der Waals surface area contributed by atoms with Crippen LogP contribution in [0.25, 0.3) is 0 Å². The third-order valence-electron chi connectivity index (χ3n) is 4.79. The summed E-state index contributed by atoms with van der Waals surface area (Å²) in [5.74, 6) is -2.43. The zero-order valence-corrected chi connectivity index (χ0v) is 14.0. The SMILES string of the molecule is CC1(C)CN(C(=O)c2ccc(C(=O)O)cc2F)CC2(CCCC2)O1. The topological polar surface area (TPSA) is 66.8 Å². The first-order valence-corrected chi connectivity index (χ1v) is 8.24. The number of nitrogens with zero attached hydrogens (tertiary/aromatic N) is 1. The van der Waals surface area contributed by atoms with E-state index < -0.39 is 23.3 Å². The number of halogens is 1. The van der Waals surface area contributed by atoms with Crippen LogP contribution < -0.4 is 0 Å². The molecule has 0 atom stereocenters. The van der Waals surface area contributed by atoms with Gasteiger partial charge in [0.25, 0.3) is 5.91 Å². The molecule has 5 nitrogen and oxygen atoms in total. The quantitative estimate of drug-likeness (QED) is 0.902. The minimum absolute atomic E-state index is 0.0918. The van der Waals surface area contributed by atoms with Gasteiger partial charge in [-0.15, -0.1) is 0 Å². The number of aromatic carboxylic acids is 1. The van der Waals surface area contributed by atoms with Crippen LogP contribution in [0.5, 0.6) is 0 Å². The number of carboxylic acids is 1. The van der Waals surface area contributed by atoms with Crippen LogP contribution in [0.3, 0.4) is 0 Å². The Morgan fingerprint density at radius 2 is 1.88 bits per heavy atom. The van der Waals surface area contributed by atoms with Crippen molar-refractivity contribution in [1.82, 2.24) is 4.90 Å². The van der Waals surface area contributed by atoms with Gasteiger partial charge in [-0.25, -0.2) is 9.18 Å². The van der Waals surface area contributed by atoms with Crippen molar-refractivity contribution in [3.8, 4) is 0 Å². The average Bonchev–Trinajstić information content (AvgIpc) is 2.91. The van der Waals surface area contributed by atoms with Crippen molar-refractivity contribution in [3.63, 3.8) is 0 Å². The van der Waals surface area contributed by atoms with Gasteiger partial charge in [0.05, 0.1) is 28.9 Å². The molecule has 1 N–H and O–H groups in total. The summed E-state index contributed by atoms with van der Waals surface area (Å²) in [6.45, 7) is 4.72. The summed E-state index contributed by atoms with van der Waals surface area (Å²) >= 11 is 0. The molecule has 1 aromatic rings. The number of carboxylic acid groups (broad SMARTS) is 1. The maximum absolute atomic E-state index is 14.2. The molecule has 0 radical (unpaired) electrons. The van der Waals surface area contributed by atoms with Crippen LogP contribution in [0.1, 0.15) is 60.2 Å². The second-order valence-corrected chi connectivity index (χ2v) is 7.41. The van der Waals surface area contributed by atoms with Crippen molar-refractivity contribution in [1.29, 1.82) is 0 Å². The first kappa shape index (κ1) is 16.9. The fourth-order valence-electron chi connectivity index (χ4n) is 3.93. The van der Waals surface area contributed by atoms with Crippen molar-refractivity contribution >= 4 is 11.9 Å². The summed E-state index contributed by atoms with van der Waals surface area (Å²) in [6.07, 6.45) is 3.95. The van der Waals surface area contributed by atoms with Crippen LogP contribution in [0.15, 0.2) is 18.2 Å². The van der Waals surface area contributed by atoms with Crippen LogP contribution in [-0.2, 0) is 4.74 Å². The van der Waals surface area contributed by atoms with E-state index in [2.05, 4.69) is 0 Å². The second kappa shape index (κ2) is 5.84. The molecule has 1 heterocycles. The molecule has 1 aromatic carbocycles. The van der Waals surface area contributed by atoms with Crippen LogP contribution >= 0.6 is 0 Å². The van der Waals surface area contributed by atoms with Crippen molar-refractivity contribution in [3.05, 3.63) is 35.1 Å². The van der Waals surface area contributed by atoms with Gasteiger partial charge < -0.3 is 14.7 Å². The van der Waals surface area contributed by atoms with Crippen LogP contribution in [-0.4, -0.2) is 46.2 Å². The third-order valence-corrected chi connectivity index (χ3v) is 4.79. The first-order valence-electron chi connectivity index (χ1n) is 8.24. The molecule has 0 aromatic heterocycles. The monoisotopic (exact) mass is 335 g/mol. The number of amides is 1. The molecule has 24 heavy (non-hydrogen) atoms. The van der Waals surface area contributed by atoms with Crippen LogP contribution in [0, 0.1) is 5.82 Å². The van der Waals surface area contributed by atoms with Crippen molar-refractivity contribution < 1.29 is 23.8 Å². The van der Waals surface area contributed by atoms with E-state index in [1.54, 1.807) is 4.90 Å². The third kappa shape index (κ3) is 3.15. The summed E-state index contributed by atoms with van der Waals surface area (Å²) in [5, 5.41) is 8.92. The first-order chi connectivity index (χ1) is 11.2. The van der Waals surface area contributed by atoms with E-state index in [0.29, 0.717) is 13.1 Å². The lowest BCUT2D eigenvalue weighted by Gasteiger charge is -2.48. The number of ether oxygens (including phenoxy) is 1. The molecule has 2 aliphatic rings. The Morgan fingerprint density at radius 1 is 1.21 bits per heavy atom. The maximum atomic E-state index is 14.2. The lowest BCUT2D eigenvalue weighted by atomic mass is 9.93. The highest BCUT2D eigenvalue weighted by molar-refractivity contribution is 5.96. The van der Waals surface area contributed by atoms with E-state index in [9.17, 15) is 14.0 Å². The Kier molecular flexibility index (Phi) is 4.11. The van der Waals surface area contributed by atoms with Gasteiger partial charge in [0.2, 0.25) is 0 Å². The summed E-state index contributed by atoms with van der Waals surface area (Å²) in [6, 6.07) is 3.41. The van der Waals surface area contributed by atoms with E-state index in [1.165, 1.54) is 12.1 Å². The van der Waals surface area contributed by atoms with Crippen molar-refractivity contribution in [2.75, 3.05) is 13.1 Å². The van der Waals surface area contributed by atoms with Gasteiger partial charge in [-0.05, 0) is 44.9 Å². The predicted octanol–water partition coefficient (Wildman–Crippen LogP) is 3.09. The molecule has 130 valence electrons. The van der Waals surface area contributed by atoms with Crippen LogP contribution in [0.2, 0.25) is 0 Å². The molecule has 3 rings (SSSR count). The number of carbonyl (C=O) groups is 2. The Labute approximate surface area is 140 Å². The highest BCUT2D eigenvalue weighted by Crippen LogP contribution is 2.41. The van der Waals surface area contributed by atoms with Gasteiger partial charge in [-0.3, -0.25) is 4.79 Å². The molecular formula is C18H22FNO4. The van der Waals surface area contributed by atoms with Gasteiger partial charge in [-0.1, -0.05) is 12.8 Å². The molecule has 0 unspecified atom stereocenters. The zero-order chi connectivity index (χ0) is 17.5. The predicted molar refractivity (Wildman–Crippen MR) is 85.6 cm³/mol. The number of morpholine rings is 1. The minimum Gasteiger partial charge on any atom is -0.478 e. The van der Waals surface area contributed by atoms with Gasteiger partial charge in [0.15, 0.2) is 0 Å². The standard InChI is InChI=1S/C18H22FNO4/c1-17(2)10-20(11-18(24-17)7-3-4-8-18)15(21)13-6-5-12(16(22)23)9-14(13)19/h5-6,9H,3-4,7-8,10-11H2,1-2H3,(H,22,23). The van der Waals surface area contributed by atoms with Gasteiger partial charge in [-0.2, -0.15) is 0 Å². The largest absolute Gasteiger partial charge is 0.478 e. The number of benzene rings is 1. The molecule has 1 saturated heterocycles.